The van der Waals surface area contributed by atoms with Crippen molar-refractivity contribution in [2.24, 2.45) is 5.92 Å². The number of hydrogen-bond donors (Lipinski definition) is 1. The molecule has 0 saturated carbocycles. The molecule has 0 aliphatic carbocycles. The molecule has 2 aliphatic rings. The summed E-state index contributed by atoms with van der Waals surface area (Å²) in [6.45, 7) is 4.67. The Balaban J connectivity index is 1.29. The van der Waals surface area contributed by atoms with E-state index in [0.29, 0.717) is 26.2 Å². The van der Waals surface area contributed by atoms with E-state index in [-0.39, 0.29) is 23.6 Å². The van der Waals surface area contributed by atoms with E-state index in [4.69, 9.17) is 4.42 Å². The number of rotatable bonds is 4. The highest BCUT2D eigenvalue weighted by molar-refractivity contribution is 5.90. The number of furan rings is 1. The van der Waals surface area contributed by atoms with Gasteiger partial charge in [-0.3, -0.25) is 19.6 Å². The monoisotopic (exact) mass is 372 g/mol. The summed E-state index contributed by atoms with van der Waals surface area (Å²) in [5.74, 6) is 1.23. The van der Waals surface area contributed by atoms with Crippen LogP contribution in [0.5, 0.6) is 0 Å². The molecular weight excluding hydrogens is 348 g/mol. The van der Waals surface area contributed by atoms with Crippen LogP contribution in [0.1, 0.15) is 29.2 Å². The van der Waals surface area contributed by atoms with Gasteiger partial charge in [-0.1, -0.05) is 0 Å². The normalized spacial score (nSPS) is 21.4. The topological polar surface area (TPSA) is 98.6 Å². The summed E-state index contributed by atoms with van der Waals surface area (Å²) in [6.07, 6.45) is 4.94. The summed E-state index contributed by atoms with van der Waals surface area (Å²) in [4.78, 5) is 35.1. The number of carbonyl (C=O) groups is 2. The highest BCUT2D eigenvalue weighted by Gasteiger charge is 2.32. The Kier molecular flexibility index (Phi) is 5.19. The van der Waals surface area contributed by atoms with E-state index in [2.05, 4.69) is 20.1 Å². The molecule has 1 N–H and O–H groups in total. The fraction of sp³-hybridized carbons (Fsp3) is 0.556. The molecule has 4 heterocycles. The molecule has 9 nitrogen and oxygen atoms in total. The Bertz CT molecular complexity index is 752. The molecule has 1 unspecified atom stereocenters. The Hall–Kier alpha value is -2.68. The SMILES string of the molecule is O=C(c1ncn[nH]1)N1CCN(C(=O)C2CCCN(Cc3ccco3)C2)CC1. The van der Waals surface area contributed by atoms with Crippen LogP contribution in [0.4, 0.5) is 0 Å². The molecule has 27 heavy (non-hydrogen) atoms. The summed E-state index contributed by atoms with van der Waals surface area (Å²) in [7, 11) is 0. The second-order valence-electron chi connectivity index (χ2n) is 7.11. The number of likely N-dealkylation sites (tertiary alicyclic amines) is 1. The number of aromatic amines is 1. The van der Waals surface area contributed by atoms with Crippen molar-refractivity contribution >= 4 is 11.8 Å². The predicted molar refractivity (Wildman–Crippen MR) is 95.6 cm³/mol. The molecule has 2 saturated heterocycles. The predicted octanol–water partition coefficient (Wildman–Crippen LogP) is 0.594. The summed E-state index contributed by atoms with van der Waals surface area (Å²) >= 11 is 0. The zero-order valence-corrected chi connectivity index (χ0v) is 15.2. The quantitative estimate of drug-likeness (QED) is 0.844. The first-order valence-electron chi connectivity index (χ1n) is 9.39. The molecule has 4 rings (SSSR count). The van der Waals surface area contributed by atoms with Gasteiger partial charge >= 0.3 is 0 Å². The number of carbonyl (C=O) groups excluding carboxylic acids is 2. The van der Waals surface area contributed by atoms with Crippen LogP contribution in [0.25, 0.3) is 0 Å². The van der Waals surface area contributed by atoms with E-state index in [0.717, 1.165) is 38.2 Å². The van der Waals surface area contributed by atoms with Gasteiger partial charge in [-0.2, -0.15) is 5.10 Å². The third-order valence-electron chi connectivity index (χ3n) is 5.31. The van der Waals surface area contributed by atoms with Crippen LogP contribution >= 0.6 is 0 Å². The minimum absolute atomic E-state index is 0.0187. The highest BCUT2D eigenvalue weighted by Crippen LogP contribution is 2.21. The number of H-pyrrole nitrogens is 1. The van der Waals surface area contributed by atoms with E-state index < -0.39 is 0 Å². The Labute approximate surface area is 157 Å². The van der Waals surface area contributed by atoms with Crippen molar-refractivity contribution in [3.05, 3.63) is 36.3 Å². The van der Waals surface area contributed by atoms with Gasteiger partial charge in [-0.15, -0.1) is 0 Å². The van der Waals surface area contributed by atoms with Crippen molar-refractivity contribution in [3.8, 4) is 0 Å². The lowest BCUT2D eigenvalue weighted by Gasteiger charge is -2.38. The fourth-order valence-corrected chi connectivity index (χ4v) is 3.87. The Morgan fingerprint density at radius 2 is 2.00 bits per heavy atom. The van der Waals surface area contributed by atoms with Gasteiger partial charge in [0.05, 0.1) is 18.7 Å². The zero-order chi connectivity index (χ0) is 18.6. The lowest BCUT2D eigenvalue weighted by Crippen LogP contribution is -2.53. The molecule has 2 fully saturated rings. The number of amides is 2. The minimum Gasteiger partial charge on any atom is -0.468 e. The van der Waals surface area contributed by atoms with Gasteiger partial charge in [-0.25, -0.2) is 4.98 Å². The van der Waals surface area contributed by atoms with E-state index >= 15 is 0 Å². The second-order valence-corrected chi connectivity index (χ2v) is 7.11. The Morgan fingerprint density at radius 1 is 1.19 bits per heavy atom. The number of hydrogen-bond acceptors (Lipinski definition) is 6. The summed E-state index contributed by atoms with van der Waals surface area (Å²) in [5.41, 5.74) is 0. The third kappa shape index (κ3) is 4.02. The number of nitrogens with zero attached hydrogens (tertiary/aromatic N) is 5. The molecule has 0 bridgehead atoms. The Morgan fingerprint density at radius 3 is 2.70 bits per heavy atom. The van der Waals surface area contributed by atoms with Crippen molar-refractivity contribution in [2.45, 2.75) is 19.4 Å². The third-order valence-corrected chi connectivity index (χ3v) is 5.31. The standard InChI is InChI=1S/C18H24N6O3/c25-17(14-3-1-5-22(11-14)12-15-4-2-10-27-15)23-6-8-24(9-7-23)18(26)16-19-13-20-21-16/h2,4,10,13-14H,1,3,5-9,11-12H2,(H,19,20,21). The summed E-state index contributed by atoms with van der Waals surface area (Å²) < 4.78 is 5.43. The van der Waals surface area contributed by atoms with Crippen molar-refractivity contribution in [3.63, 3.8) is 0 Å². The summed E-state index contributed by atoms with van der Waals surface area (Å²) in [5, 5.41) is 6.31. The minimum atomic E-state index is -0.165. The fourth-order valence-electron chi connectivity index (χ4n) is 3.87. The maximum atomic E-state index is 13.0. The average molecular weight is 372 g/mol. The zero-order valence-electron chi connectivity index (χ0n) is 15.2. The number of piperazine rings is 1. The van der Waals surface area contributed by atoms with Crippen LogP contribution in [0, 0.1) is 5.92 Å². The first-order chi connectivity index (χ1) is 13.2. The first kappa shape index (κ1) is 17.7. The molecule has 2 aromatic rings. The molecule has 1 atom stereocenters. The van der Waals surface area contributed by atoms with Gasteiger partial charge in [0.2, 0.25) is 11.7 Å². The molecule has 9 heteroatoms. The lowest BCUT2D eigenvalue weighted by atomic mass is 9.96. The number of aromatic nitrogens is 3. The van der Waals surface area contributed by atoms with Gasteiger partial charge in [0.15, 0.2) is 0 Å². The van der Waals surface area contributed by atoms with Gasteiger partial charge < -0.3 is 14.2 Å². The smallest absolute Gasteiger partial charge is 0.291 e. The molecule has 0 radical (unpaired) electrons. The van der Waals surface area contributed by atoms with E-state index in [9.17, 15) is 9.59 Å². The van der Waals surface area contributed by atoms with Gasteiger partial charge in [-0.05, 0) is 31.5 Å². The van der Waals surface area contributed by atoms with Crippen molar-refractivity contribution < 1.29 is 14.0 Å². The van der Waals surface area contributed by atoms with Gasteiger partial charge in [0, 0.05) is 32.7 Å². The van der Waals surface area contributed by atoms with E-state index in [1.807, 2.05) is 17.0 Å². The van der Waals surface area contributed by atoms with E-state index in [1.165, 1.54) is 6.33 Å². The molecule has 2 aromatic heterocycles. The first-order valence-corrected chi connectivity index (χ1v) is 9.39. The maximum absolute atomic E-state index is 13.0. The maximum Gasteiger partial charge on any atom is 0.291 e. The van der Waals surface area contributed by atoms with Crippen LogP contribution in [-0.2, 0) is 11.3 Å². The van der Waals surface area contributed by atoms with Crippen molar-refractivity contribution in [1.29, 1.82) is 0 Å². The highest BCUT2D eigenvalue weighted by atomic mass is 16.3. The number of piperidine rings is 1. The average Bonchev–Trinajstić information content (AvgIpc) is 3.41. The van der Waals surface area contributed by atoms with Crippen LogP contribution < -0.4 is 0 Å². The van der Waals surface area contributed by atoms with Crippen LogP contribution in [-0.4, -0.2) is 81.0 Å². The molecule has 144 valence electrons. The molecular formula is C18H24N6O3. The molecule has 0 spiro atoms. The molecule has 0 aromatic carbocycles. The van der Waals surface area contributed by atoms with Gasteiger partial charge in [0.1, 0.15) is 12.1 Å². The largest absolute Gasteiger partial charge is 0.468 e. The van der Waals surface area contributed by atoms with Crippen LogP contribution in [0.2, 0.25) is 0 Å². The summed E-state index contributed by atoms with van der Waals surface area (Å²) in [6, 6.07) is 3.86. The lowest BCUT2D eigenvalue weighted by molar-refractivity contribution is -0.139. The van der Waals surface area contributed by atoms with Crippen LogP contribution in [0.3, 0.4) is 0 Å². The molecule has 2 amide bonds. The second kappa shape index (κ2) is 7.91. The molecule has 2 aliphatic heterocycles. The number of nitrogens with one attached hydrogen (secondary N) is 1. The van der Waals surface area contributed by atoms with E-state index in [1.54, 1.807) is 11.2 Å². The van der Waals surface area contributed by atoms with Crippen LogP contribution in [0.15, 0.2) is 29.1 Å². The van der Waals surface area contributed by atoms with Crippen molar-refractivity contribution in [1.82, 2.24) is 29.9 Å². The van der Waals surface area contributed by atoms with Crippen molar-refractivity contribution in [2.75, 3.05) is 39.3 Å². The van der Waals surface area contributed by atoms with Gasteiger partial charge in [0.25, 0.3) is 5.91 Å².